The number of benzene rings is 1. The number of halogens is 2. The molecule has 0 aliphatic carbocycles. The SMILES string of the molecule is O=C(O)CCC1CCN(Cc2cccc(Cl)c2Cl)CC1. The van der Waals surface area contributed by atoms with E-state index in [9.17, 15) is 4.79 Å². The topological polar surface area (TPSA) is 40.5 Å². The zero-order valence-corrected chi connectivity index (χ0v) is 12.8. The van der Waals surface area contributed by atoms with E-state index in [0.29, 0.717) is 16.0 Å². The second kappa shape index (κ2) is 7.30. The van der Waals surface area contributed by atoms with Crippen molar-refractivity contribution in [2.24, 2.45) is 5.92 Å². The summed E-state index contributed by atoms with van der Waals surface area (Å²) >= 11 is 12.2. The van der Waals surface area contributed by atoms with Gasteiger partial charge >= 0.3 is 5.97 Å². The first kappa shape index (κ1) is 15.6. The molecule has 5 heteroatoms. The Bertz CT molecular complexity index is 471. The number of carboxylic acid groups (broad SMARTS) is 1. The zero-order chi connectivity index (χ0) is 14.5. The fourth-order valence-electron chi connectivity index (χ4n) is 2.67. The van der Waals surface area contributed by atoms with Crippen molar-refractivity contribution < 1.29 is 9.90 Å². The van der Waals surface area contributed by atoms with E-state index in [2.05, 4.69) is 4.90 Å². The molecule has 1 aromatic rings. The lowest BCUT2D eigenvalue weighted by Gasteiger charge is -2.32. The highest BCUT2D eigenvalue weighted by Crippen LogP contribution is 2.28. The molecule has 1 fully saturated rings. The minimum atomic E-state index is -0.696. The molecule has 1 aliphatic rings. The molecule has 20 heavy (non-hydrogen) atoms. The molecule has 3 nitrogen and oxygen atoms in total. The molecule has 0 spiro atoms. The molecule has 0 radical (unpaired) electrons. The Hall–Kier alpha value is -0.770. The number of rotatable bonds is 5. The quantitative estimate of drug-likeness (QED) is 0.890. The summed E-state index contributed by atoms with van der Waals surface area (Å²) in [7, 11) is 0. The van der Waals surface area contributed by atoms with E-state index in [1.807, 2.05) is 12.1 Å². The van der Waals surface area contributed by atoms with Gasteiger partial charge in [-0.15, -0.1) is 0 Å². The number of carboxylic acids is 1. The van der Waals surface area contributed by atoms with Gasteiger partial charge in [-0.2, -0.15) is 0 Å². The van der Waals surface area contributed by atoms with Crippen LogP contribution in [0.4, 0.5) is 0 Å². The molecule has 0 amide bonds. The largest absolute Gasteiger partial charge is 0.481 e. The number of nitrogens with zero attached hydrogens (tertiary/aromatic N) is 1. The van der Waals surface area contributed by atoms with Crippen molar-refractivity contribution >= 4 is 29.2 Å². The van der Waals surface area contributed by atoms with Crippen molar-refractivity contribution in [2.75, 3.05) is 13.1 Å². The predicted octanol–water partition coefficient (Wildman–Crippen LogP) is 4.07. The molecule has 0 saturated carbocycles. The molecular formula is C15H19Cl2NO2. The Morgan fingerprint density at radius 3 is 2.65 bits per heavy atom. The van der Waals surface area contributed by atoms with Gasteiger partial charge in [-0.05, 0) is 49.9 Å². The van der Waals surface area contributed by atoms with Gasteiger partial charge in [-0.1, -0.05) is 35.3 Å². The second-order valence-corrected chi connectivity index (χ2v) is 6.15. The summed E-state index contributed by atoms with van der Waals surface area (Å²) in [6.45, 7) is 2.80. The Balaban J connectivity index is 1.82. The lowest BCUT2D eigenvalue weighted by Crippen LogP contribution is -2.33. The van der Waals surface area contributed by atoms with Crippen LogP contribution in [0.1, 0.15) is 31.2 Å². The summed E-state index contributed by atoms with van der Waals surface area (Å²) in [6.07, 6.45) is 3.20. The molecule has 0 atom stereocenters. The van der Waals surface area contributed by atoms with Crippen molar-refractivity contribution in [3.63, 3.8) is 0 Å². The minimum Gasteiger partial charge on any atom is -0.481 e. The zero-order valence-electron chi connectivity index (χ0n) is 11.3. The van der Waals surface area contributed by atoms with Gasteiger partial charge in [0.15, 0.2) is 0 Å². The fraction of sp³-hybridized carbons (Fsp3) is 0.533. The summed E-state index contributed by atoms with van der Waals surface area (Å²) in [5.41, 5.74) is 1.06. The van der Waals surface area contributed by atoms with Crippen LogP contribution < -0.4 is 0 Å². The van der Waals surface area contributed by atoms with E-state index in [4.69, 9.17) is 28.3 Å². The first-order valence-corrected chi connectivity index (χ1v) is 7.69. The summed E-state index contributed by atoms with van der Waals surface area (Å²) < 4.78 is 0. The van der Waals surface area contributed by atoms with Gasteiger partial charge in [0.05, 0.1) is 10.0 Å². The number of carbonyl (C=O) groups is 1. The van der Waals surface area contributed by atoms with Gasteiger partial charge in [-0.25, -0.2) is 0 Å². The number of aliphatic carboxylic acids is 1. The molecule has 1 aliphatic heterocycles. The highest BCUT2D eigenvalue weighted by molar-refractivity contribution is 6.42. The maximum absolute atomic E-state index is 10.6. The van der Waals surface area contributed by atoms with Gasteiger partial charge in [0.1, 0.15) is 0 Å². The number of piperidine rings is 1. The number of hydrogen-bond donors (Lipinski definition) is 1. The molecule has 2 rings (SSSR count). The van der Waals surface area contributed by atoms with Crippen LogP contribution >= 0.6 is 23.2 Å². The standard InChI is InChI=1S/C15H19Cl2NO2/c16-13-3-1-2-12(15(13)17)10-18-8-6-11(7-9-18)4-5-14(19)20/h1-3,11H,4-10H2,(H,19,20). The van der Waals surface area contributed by atoms with Crippen molar-refractivity contribution in [1.82, 2.24) is 4.90 Å². The van der Waals surface area contributed by atoms with Crippen LogP contribution in [0.25, 0.3) is 0 Å². The van der Waals surface area contributed by atoms with E-state index >= 15 is 0 Å². The lowest BCUT2D eigenvalue weighted by molar-refractivity contribution is -0.137. The Morgan fingerprint density at radius 2 is 2.00 bits per heavy atom. The highest BCUT2D eigenvalue weighted by atomic mass is 35.5. The Labute approximate surface area is 129 Å². The van der Waals surface area contributed by atoms with Gasteiger partial charge < -0.3 is 5.11 Å². The molecule has 1 N–H and O–H groups in total. The van der Waals surface area contributed by atoms with Crippen molar-refractivity contribution in [3.05, 3.63) is 33.8 Å². The summed E-state index contributed by atoms with van der Waals surface area (Å²) in [6, 6.07) is 5.72. The van der Waals surface area contributed by atoms with Crippen LogP contribution in [-0.4, -0.2) is 29.1 Å². The van der Waals surface area contributed by atoms with Crippen LogP contribution in [-0.2, 0) is 11.3 Å². The van der Waals surface area contributed by atoms with E-state index < -0.39 is 5.97 Å². The normalized spacial score (nSPS) is 17.3. The van der Waals surface area contributed by atoms with Crippen LogP contribution in [0, 0.1) is 5.92 Å². The molecule has 0 aromatic heterocycles. The molecule has 0 unspecified atom stereocenters. The summed E-state index contributed by atoms with van der Waals surface area (Å²) in [5.74, 6) is -0.157. The predicted molar refractivity (Wildman–Crippen MR) is 81.3 cm³/mol. The Kier molecular flexibility index (Phi) is 5.70. The molecular weight excluding hydrogens is 297 g/mol. The second-order valence-electron chi connectivity index (χ2n) is 5.36. The molecule has 1 saturated heterocycles. The smallest absolute Gasteiger partial charge is 0.303 e. The Morgan fingerprint density at radius 1 is 1.30 bits per heavy atom. The summed E-state index contributed by atoms with van der Waals surface area (Å²) in [5, 5.41) is 9.95. The van der Waals surface area contributed by atoms with E-state index in [1.54, 1.807) is 6.07 Å². The van der Waals surface area contributed by atoms with Crippen LogP contribution in [0.2, 0.25) is 10.0 Å². The highest BCUT2D eigenvalue weighted by Gasteiger charge is 2.20. The maximum atomic E-state index is 10.6. The average Bonchev–Trinajstić information content (AvgIpc) is 2.43. The molecule has 0 bridgehead atoms. The maximum Gasteiger partial charge on any atom is 0.303 e. The van der Waals surface area contributed by atoms with E-state index in [-0.39, 0.29) is 6.42 Å². The van der Waals surface area contributed by atoms with Crippen molar-refractivity contribution in [3.8, 4) is 0 Å². The van der Waals surface area contributed by atoms with Gasteiger partial charge in [-0.3, -0.25) is 9.69 Å². The fourth-order valence-corrected chi connectivity index (χ4v) is 3.05. The number of likely N-dealkylation sites (tertiary alicyclic amines) is 1. The van der Waals surface area contributed by atoms with Crippen LogP contribution in [0.3, 0.4) is 0 Å². The average molecular weight is 316 g/mol. The van der Waals surface area contributed by atoms with E-state index in [0.717, 1.165) is 44.5 Å². The third-order valence-electron chi connectivity index (χ3n) is 3.90. The first-order valence-electron chi connectivity index (χ1n) is 6.93. The first-order chi connectivity index (χ1) is 9.56. The van der Waals surface area contributed by atoms with E-state index in [1.165, 1.54) is 0 Å². The van der Waals surface area contributed by atoms with Crippen LogP contribution in [0.5, 0.6) is 0 Å². The van der Waals surface area contributed by atoms with Gasteiger partial charge in [0.2, 0.25) is 0 Å². The molecule has 1 aromatic carbocycles. The molecule has 110 valence electrons. The van der Waals surface area contributed by atoms with Gasteiger partial charge in [0, 0.05) is 13.0 Å². The third kappa shape index (κ3) is 4.37. The number of hydrogen-bond acceptors (Lipinski definition) is 2. The molecule has 1 heterocycles. The van der Waals surface area contributed by atoms with Crippen LogP contribution in [0.15, 0.2) is 18.2 Å². The summed E-state index contributed by atoms with van der Waals surface area (Å²) in [4.78, 5) is 12.9. The van der Waals surface area contributed by atoms with Crippen molar-refractivity contribution in [1.29, 1.82) is 0 Å². The van der Waals surface area contributed by atoms with Crippen molar-refractivity contribution in [2.45, 2.75) is 32.2 Å². The monoisotopic (exact) mass is 315 g/mol. The van der Waals surface area contributed by atoms with Gasteiger partial charge in [0.25, 0.3) is 0 Å². The third-order valence-corrected chi connectivity index (χ3v) is 4.76. The minimum absolute atomic E-state index is 0.283. The lowest BCUT2D eigenvalue weighted by atomic mass is 9.92.